The van der Waals surface area contributed by atoms with E-state index < -0.39 is 0 Å². The molecule has 1 fully saturated rings. The van der Waals surface area contributed by atoms with Crippen LogP contribution < -0.4 is 0 Å². The van der Waals surface area contributed by atoms with Crippen LogP contribution in [0.4, 0.5) is 0 Å². The van der Waals surface area contributed by atoms with E-state index in [1.165, 1.54) is 0 Å². The first-order valence-electron chi connectivity index (χ1n) is 3.73. The van der Waals surface area contributed by atoms with Gasteiger partial charge in [0.25, 0.3) is 0 Å². The normalized spacial score (nSPS) is 32.4. The molecule has 1 radical (unpaired) electrons. The van der Waals surface area contributed by atoms with Gasteiger partial charge in [-0.25, -0.2) is 0 Å². The van der Waals surface area contributed by atoms with Gasteiger partial charge in [0.2, 0.25) is 0 Å². The van der Waals surface area contributed by atoms with Gasteiger partial charge in [-0.15, -0.1) is 5.92 Å². The second kappa shape index (κ2) is 4.49. The zero-order valence-corrected chi connectivity index (χ0v) is 9.26. The van der Waals surface area contributed by atoms with Crippen LogP contribution in [0.25, 0.3) is 0 Å². The van der Waals surface area contributed by atoms with Gasteiger partial charge in [0.05, 0.1) is 0 Å². The number of aliphatic hydroxyl groups excluding tert-OH is 1. The Hall–Kier alpha value is 0.622. The molecule has 10 heavy (non-hydrogen) atoms. The van der Waals surface area contributed by atoms with Crippen LogP contribution in [0.15, 0.2) is 0 Å². The van der Waals surface area contributed by atoms with Crippen LogP contribution in [0.1, 0.15) is 26.7 Å². The van der Waals surface area contributed by atoms with Crippen molar-refractivity contribution in [2.24, 2.45) is 11.8 Å². The van der Waals surface area contributed by atoms with Gasteiger partial charge in [-0.05, 0) is 0 Å². The van der Waals surface area contributed by atoms with Gasteiger partial charge in [0, 0.05) is 26.5 Å². The van der Waals surface area contributed by atoms with E-state index in [1.54, 1.807) is 0 Å². The minimum atomic E-state index is -0.0509. The van der Waals surface area contributed by atoms with Crippen molar-refractivity contribution in [3.05, 3.63) is 6.42 Å². The van der Waals surface area contributed by atoms with Crippen LogP contribution in [0.2, 0.25) is 0 Å². The molecule has 2 heteroatoms. The summed E-state index contributed by atoms with van der Waals surface area (Å²) in [6.45, 7) is 4.32. The van der Waals surface area contributed by atoms with Crippen LogP contribution in [0.3, 0.4) is 0 Å². The maximum absolute atomic E-state index is 9.33. The van der Waals surface area contributed by atoms with E-state index in [0.717, 1.165) is 12.8 Å². The van der Waals surface area contributed by atoms with Crippen molar-refractivity contribution in [2.75, 3.05) is 0 Å². The van der Waals surface area contributed by atoms with E-state index in [4.69, 9.17) is 0 Å². The fourth-order valence-electron chi connectivity index (χ4n) is 1.53. The Bertz CT molecular complexity index is 93.3. The molecule has 1 N–H and O–H groups in total. The summed E-state index contributed by atoms with van der Waals surface area (Å²) in [6.07, 6.45) is 4.27. The van der Waals surface area contributed by atoms with E-state index in [-0.39, 0.29) is 26.5 Å². The molecule has 0 heterocycles. The van der Waals surface area contributed by atoms with E-state index in [0.29, 0.717) is 11.8 Å². The van der Waals surface area contributed by atoms with E-state index in [9.17, 15) is 5.11 Å². The molecule has 0 aromatic rings. The van der Waals surface area contributed by atoms with E-state index in [1.807, 2.05) is 0 Å². The van der Waals surface area contributed by atoms with Crippen molar-refractivity contribution in [2.45, 2.75) is 32.8 Å². The first-order valence-corrected chi connectivity index (χ1v) is 3.73. The summed E-state index contributed by atoms with van der Waals surface area (Å²) in [6, 6.07) is 0. The van der Waals surface area contributed by atoms with Crippen molar-refractivity contribution >= 4 is 0 Å². The summed E-state index contributed by atoms with van der Waals surface area (Å²) in [5.74, 6) is 1.08. The Morgan fingerprint density at radius 2 is 2.10 bits per heavy atom. The zero-order chi connectivity index (χ0) is 6.85. The summed E-state index contributed by atoms with van der Waals surface area (Å²) in [5.41, 5.74) is 0. The third-order valence-electron chi connectivity index (χ3n) is 2.12. The molecule has 1 aliphatic carbocycles. The van der Waals surface area contributed by atoms with Crippen LogP contribution in [-0.4, -0.2) is 11.2 Å². The van der Waals surface area contributed by atoms with Gasteiger partial charge in [-0.2, -0.15) is 6.42 Å². The van der Waals surface area contributed by atoms with E-state index in [2.05, 4.69) is 20.3 Å². The first kappa shape index (κ1) is 10.6. The number of hydrogen-bond acceptors (Lipinski definition) is 1. The van der Waals surface area contributed by atoms with Gasteiger partial charge >= 0.3 is 0 Å². The predicted octanol–water partition coefficient (Wildman–Crippen LogP) is 1.62. The molecule has 2 atom stereocenters. The second-order valence-electron chi connectivity index (χ2n) is 3.20. The second-order valence-corrected chi connectivity index (χ2v) is 3.20. The van der Waals surface area contributed by atoms with E-state index >= 15 is 0 Å². The SMILES string of the molecule is CC(C)C1[CH-]CCC1O.[Re]. The standard InChI is InChI=1S/C8H15O.Re/c1-6(2)7-4-3-5-8(7)9;/h4,6-9H,3,5H2,1-2H3;/q-1;. The van der Waals surface area contributed by atoms with Gasteiger partial charge in [0.15, 0.2) is 0 Å². The molecule has 0 saturated heterocycles. The van der Waals surface area contributed by atoms with Crippen LogP contribution in [0.5, 0.6) is 0 Å². The molecule has 0 spiro atoms. The molecule has 0 aliphatic heterocycles. The Labute approximate surface area is 76.9 Å². The summed E-state index contributed by atoms with van der Waals surface area (Å²) in [5, 5.41) is 9.33. The summed E-state index contributed by atoms with van der Waals surface area (Å²) >= 11 is 0. The average Bonchev–Trinajstić information content (AvgIpc) is 2.13. The molecule has 61 valence electrons. The third-order valence-corrected chi connectivity index (χ3v) is 2.12. The number of rotatable bonds is 1. The third kappa shape index (κ3) is 2.34. The smallest absolute Gasteiger partial charge is 0.0277 e. The van der Waals surface area contributed by atoms with Crippen molar-refractivity contribution in [3.8, 4) is 0 Å². The van der Waals surface area contributed by atoms with Crippen molar-refractivity contribution in [1.82, 2.24) is 0 Å². The summed E-state index contributed by atoms with van der Waals surface area (Å²) in [7, 11) is 0. The molecule has 2 unspecified atom stereocenters. The van der Waals surface area contributed by atoms with Crippen molar-refractivity contribution < 1.29 is 25.5 Å². The number of aliphatic hydroxyl groups is 1. The molecule has 1 saturated carbocycles. The Kier molecular flexibility index (Phi) is 4.77. The van der Waals surface area contributed by atoms with Gasteiger partial charge in [-0.3, -0.25) is 0 Å². The summed E-state index contributed by atoms with van der Waals surface area (Å²) in [4.78, 5) is 0. The summed E-state index contributed by atoms with van der Waals surface area (Å²) < 4.78 is 0. The molecule has 0 amide bonds. The fourth-order valence-corrected chi connectivity index (χ4v) is 1.53. The quantitative estimate of drug-likeness (QED) is 0.729. The zero-order valence-electron chi connectivity index (χ0n) is 6.55. The fraction of sp³-hybridized carbons (Fsp3) is 0.875. The van der Waals surface area contributed by atoms with Gasteiger partial charge in [-0.1, -0.05) is 26.2 Å². The molecular formula is C8H15ORe-. The molecule has 0 aromatic heterocycles. The molecule has 1 nitrogen and oxygen atoms in total. The Morgan fingerprint density at radius 1 is 1.50 bits per heavy atom. The van der Waals surface area contributed by atoms with Crippen LogP contribution in [0, 0.1) is 18.3 Å². The van der Waals surface area contributed by atoms with Crippen LogP contribution in [-0.2, 0) is 20.4 Å². The Morgan fingerprint density at radius 3 is 2.30 bits per heavy atom. The van der Waals surface area contributed by atoms with Crippen LogP contribution >= 0.6 is 0 Å². The largest absolute Gasteiger partial charge is 0.396 e. The van der Waals surface area contributed by atoms with Crippen molar-refractivity contribution in [3.63, 3.8) is 0 Å². The molecular weight excluding hydrogens is 298 g/mol. The van der Waals surface area contributed by atoms with Crippen molar-refractivity contribution in [1.29, 1.82) is 0 Å². The average molecular weight is 313 g/mol. The minimum absolute atomic E-state index is 0. The maximum atomic E-state index is 9.33. The molecule has 1 rings (SSSR count). The molecule has 1 aliphatic rings. The topological polar surface area (TPSA) is 20.2 Å². The monoisotopic (exact) mass is 314 g/mol. The predicted molar refractivity (Wildman–Crippen MR) is 37.9 cm³/mol. The maximum Gasteiger partial charge on any atom is 0.0277 e. The first-order chi connectivity index (χ1) is 4.22. The number of hydrogen-bond donors (Lipinski definition) is 1. The Balaban J connectivity index is 0.000000810. The molecule has 0 aromatic carbocycles. The van der Waals surface area contributed by atoms with Gasteiger partial charge < -0.3 is 11.5 Å². The molecule has 0 bridgehead atoms. The van der Waals surface area contributed by atoms with Gasteiger partial charge in [0.1, 0.15) is 0 Å². The minimum Gasteiger partial charge on any atom is -0.396 e.